The lowest BCUT2D eigenvalue weighted by atomic mass is 10.0. The van der Waals surface area contributed by atoms with Crippen LogP contribution in [0.3, 0.4) is 0 Å². The van der Waals surface area contributed by atoms with Crippen LogP contribution < -0.4 is 5.43 Å². The molecule has 4 rings (SSSR count). The maximum Gasteiger partial charge on any atom is 0.203 e. The maximum atomic E-state index is 12.4. The molecule has 0 saturated heterocycles. The molecule has 1 aromatic carbocycles. The average molecular weight is 400 g/mol. The minimum Gasteiger partial charge on any atom is -0.288 e. The highest BCUT2D eigenvalue weighted by atomic mass is 16.1. The topological polar surface area (TPSA) is 78.5 Å². The van der Waals surface area contributed by atoms with E-state index in [1.807, 2.05) is 49.9 Å². The molecule has 1 unspecified atom stereocenters. The van der Waals surface area contributed by atoms with Crippen LogP contribution in [0.15, 0.2) is 66.1 Å². The molecule has 7 heteroatoms. The first-order valence-electron chi connectivity index (χ1n) is 10.0. The Morgan fingerprint density at radius 2 is 1.90 bits per heavy atom. The van der Waals surface area contributed by atoms with Gasteiger partial charge in [-0.1, -0.05) is 32.0 Å². The molecule has 0 saturated carbocycles. The molecule has 1 atom stereocenters. The van der Waals surface area contributed by atoms with Gasteiger partial charge in [0.05, 0.1) is 12.4 Å². The van der Waals surface area contributed by atoms with Gasteiger partial charge in [-0.25, -0.2) is 14.6 Å². The molecular formula is C23H24N6O. The molecule has 30 heavy (non-hydrogen) atoms. The highest BCUT2D eigenvalue weighted by Crippen LogP contribution is 2.21. The summed E-state index contributed by atoms with van der Waals surface area (Å²) in [6.07, 6.45) is 10.5. The Balaban J connectivity index is 1.60. The molecule has 0 aliphatic heterocycles. The van der Waals surface area contributed by atoms with E-state index < -0.39 is 0 Å². The lowest BCUT2D eigenvalue weighted by molar-refractivity contribution is 0.725. The second-order valence-electron chi connectivity index (χ2n) is 7.47. The van der Waals surface area contributed by atoms with E-state index in [1.54, 1.807) is 21.8 Å². The number of hydrogen-bond donors (Lipinski definition) is 0. The van der Waals surface area contributed by atoms with Crippen molar-refractivity contribution in [2.45, 2.75) is 32.6 Å². The second-order valence-corrected chi connectivity index (χ2v) is 7.47. The van der Waals surface area contributed by atoms with Crippen molar-refractivity contribution in [2.75, 3.05) is 0 Å². The Bertz CT molecular complexity index is 1210. The first-order valence-corrected chi connectivity index (χ1v) is 10.0. The zero-order chi connectivity index (χ0) is 21.1. The number of benzene rings is 1. The molecular weight excluding hydrogens is 376 g/mol. The van der Waals surface area contributed by atoms with Crippen LogP contribution in [0.4, 0.5) is 0 Å². The van der Waals surface area contributed by atoms with Crippen molar-refractivity contribution >= 4 is 0 Å². The third kappa shape index (κ3) is 4.20. The fourth-order valence-electron chi connectivity index (χ4n) is 3.23. The van der Waals surface area contributed by atoms with Gasteiger partial charge in [-0.3, -0.25) is 9.48 Å². The predicted molar refractivity (Wildman–Crippen MR) is 116 cm³/mol. The van der Waals surface area contributed by atoms with E-state index in [0.717, 1.165) is 28.8 Å². The highest BCUT2D eigenvalue weighted by molar-refractivity contribution is 5.56. The summed E-state index contributed by atoms with van der Waals surface area (Å²) < 4.78 is 3.37. The monoisotopic (exact) mass is 400 g/mol. The lowest BCUT2D eigenvalue weighted by Crippen LogP contribution is -2.16. The summed E-state index contributed by atoms with van der Waals surface area (Å²) in [5.74, 6) is 1.12. The fourth-order valence-corrected chi connectivity index (χ4v) is 3.23. The quantitative estimate of drug-likeness (QED) is 0.495. The second kappa shape index (κ2) is 8.41. The Kier molecular flexibility index (Phi) is 5.52. The number of hydrogen-bond acceptors (Lipinski definition) is 5. The van der Waals surface area contributed by atoms with Gasteiger partial charge < -0.3 is 0 Å². The minimum absolute atomic E-state index is 0.0882. The molecule has 152 valence electrons. The first kappa shape index (κ1) is 19.7. The summed E-state index contributed by atoms with van der Waals surface area (Å²) in [7, 11) is 1.84. The van der Waals surface area contributed by atoms with Crippen LogP contribution in [0.1, 0.15) is 43.0 Å². The molecule has 7 nitrogen and oxygen atoms in total. The van der Waals surface area contributed by atoms with Crippen molar-refractivity contribution in [2.24, 2.45) is 7.05 Å². The molecule has 0 spiro atoms. The van der Waals surface area contributed by atoms with Gasteiger partial charge in [-0.05, 0) is 29.5 Å². The van der Waals surface area contributed by atoms with Gasteiger partial charge in [-0.2, -0.15) is 10.2 Å². The summed E-state index contributed by atoms with van der Waals surface area (Å²) in [5.41, 5.74) is 4.24. The standard InChI is InChI=1S/C23H24N6O/c1-4-16(2)19-12-24-23(25-13-19)18-7-5-6-17(10-18)11-21-22(30)8-9-29(27-21)20-14-26-28(3)15-20/h5-10,12-16H,4,11H2,1-3H3. The lowest BCUT2D eigenvalue weighted by Gasteiger charge is -2.09. The zero-order valence-corrected chi connectivity index (χ0v) is 17.4. The number of aryl methyl sites for hydroxylation is 1. The van der Waals surface area contributed by atoms with Crippen molar-refractivity contribution < 1.29 is 0 Å². The van der Waals surface area contributed by atoms with E-state index in [9.17, 15) is 4.79 Å². The molecule has 0 radical (unpaired) electrons. The van der Waals surface area contributed by atoms with E-state index in [1.165, 1.54) is 6.07 Å². The van der Waals surface area contributed by atoms with Crippen molar-refractivity contribution in [3.63, 3.8) is 0 Å². The van der Waals surface area contributed by atoms with Crippen molar-refractivity contribution in [1.82, 2.24) is 29.5 Å². The number of nitrogens with zero attached hydrogens (tertiary/aromatic N) is 6. The Morgan fingerprint density at radius 3 is 2.60 bits per heavy atom. The Morgan fingerprint density at radius 1 is 1.10 bits per heavy atom. The van der Waals surface area contributed by atoms with Crippen LogP contribution in [-0.2, 0) is 13.5 Å². The van der Waals surface area contributed by atoms with Crippen LogP contribution in [0, 0.1) is 0 Å². The van der Waals surface area contributed by atoms with E-state index in [4.69, 9.17) is 0 Å². The normalized spacial score (nSPS) is 12.1. The van der Waals surface area contributed by atoms with E-state index in [2.05, 4.69) is 34.0 Å². The van der Waals surface area contributed by atoms with Gasteiger partial charge in [0, 0.05) is 43.7 Å². The summed E-state index contributed by atoms with van der Waals surface area (Å²) >= 11 is 0. The highest BCUT2D eigenvalue weighted by Gasteiger charge is 2.10. The Labute approximate surface area is 175 Å². The zero-order valence-electron chi connectivity index (χ0n) is 17.4. The molecule has 0 aliphatic carbocycles. The van der Waals surface area contributed by atoms with Gasteiger partial charge in [0.2, 0.25) is 5.43 Å². The van der Waals surface area contributed by atoms with Crippen LogP contribution in [0.5, 0.6) is 0 Å². The van der Waals surface area contributed by atoms with Crippen LogP contribution >= 0.6 is 0 Å². The van der Waals surface area contributed by atoms with Crippen molar-refractivity contribution in [1.29, 1.82) is 0 Å². The smallest absolute Gasteiger partial charge is 0.203 e. The van der Waals surface area contributed by atoms with E-state index in [-0.39, 0.29) is 5.43 Å². The first-order chi connectivity index (χ1) is 14.5. The van der Waals surface area contributed by atoms with Crippen LogP contribution in [0.2, 0.25) is 0 Å². The third-order valence-electron chi connectivity index (χ3n) is 5.25. The summed E-state index contributed by atoms with van der Waals surface area (Å²) in [5, 5.41) is 8.67. The molecule has 0 aliphatic rings. The van der Waals surface area contributed by atoms with Gasteiger partial charge in [0.1, 0.15) is 11.4 Å². The molecule has 0 fully saturated rings. The number of rotatable bonds is 6. The maximum absolute atomic E-state index is 12.4. The molecule has 0 N–H and O–H groups in total. The summed E-state index contributed by atoms with van der Waals surface area (Å²) in [4.78, 5) is 21.5. The van der Waals surface area contributed by atoms with Gasteiger partial charge in [0.15, 0.2) is 5.82 Å². The third-order valence-corrected chi connectivity index (χ3v) is 5.25. The molecule has 0 bridgehead atoms. The van der Waals surface area contributed by atoms with Gasteiger partial charge in [0.25, 0.3) is 0 Å². The average Bonchev–Trinajstić information content (AvgIpc) is 3.21. The molecule has 3 aromatic heterocycles. The molecule has 3 heterocycles. The molecule has 4 aromatic rings. The van der Waals surface area contributed by atoms with Crippen LogP contribution in [0.25, 0.3) is 17.1 Å². The largest absolute Gasteiger partial charge is 0.288 e. The summed E-state index contributed by atoms with van der Waals surface area (Å²) in [6.45, 7) is 4.33. The van der Waals surface area contributed by atoms with Crippen LogP contribution in [-0.4, -0.2) is 29.5 Å². The van der Waals surface area contributed by atoms with E-state index in [0.29, 0.717) is 23.9 Å². The van der Waals surface area contributed by atoms with E-state index >= 15 is 0 Å². The SMILES string of the molecule is CCC(C)c1cnc(-c2cccc(Cc3nn(-c4cnn(C)c4)ccc3=O)c2)nc1. The van der Waals surface area contributed by atoms with Crippen molar-refractivity contribution in [3.8, 4) is 17.1 Å². The molecule has 0 amide bonds. The predicted octanol–water partition coefficient (Wildman–Crippen LogP) is 3.53. The van der Waals surface area contributed by atoms with Crippen molar-refractivity contribution in [3.05, 3.63) is 88.4 Å². The summed E-state index contributed by atoms with van der Waals surface area (Å²) in [6, 6.07) is 9.48. The fraction of sp³-hybridized carbons (Fsp3) is 0.261. The van der Waals surface area contributed by atoms with Gasteiger partial charge >= 0.3 is 0 Å². The minimum atomic E-state index is -0.0882. The van der Waals surface area contributed by atoms with Gasteiger partial charge in [-0.15, -0.1) is 0 Å². The number of aromatic nitrogens is 6. The Hall–Kier alpha value is -3.61.